The zero-order chi connectivity index (χ0) is 11.7. The Balaban J connectivity index is 1.90. The number of nitrogens with zero attached hydrogens (tertiary/aromatic N) is 1. The lowest BCUT2D eigenvalue weighted by Gasteiger charge is -2.23. The Morgan fingerprint density at radius 2 is 2.29 bits per heavy atom. The molecule has 1 aromatic heterocycles. The first-order valence-electron chi connectivity index (χ1n) is 6.36. The SMILES string of the molecule is C=Cc1cncc(C2=CC3CNCC3CC2)c1. The van der Waals surface area contributed by atoms with Crippen LogP contribution in [0.25, 0.3) is 11.6 Å². The van der Waals surface area contributed by atoms with Gasteiger partial charge in [-0.2, -0.15) is 0 Å². The Bertz CT molecular complexity index is 462. The van der Waals surface area contributed by atoms with Gasteiger partial charge in [0.15, 0.2) is 0 Å². The predicted molar refractivity (Wildman–Crippen MR) is 71.4 cm³/mol. The van der Waals surface area contributed by atoms with Crippen LogP contribution < -0.4 is 5.32 Å². The number of aromatic nitrogens is 1. The van der Waals surface area contributed by atoms with Gasteiger partial charge in [-0.1, -0.05) is 18.7 Å². The highest BCUT2D eigenvalue weighted by atomic mass is 14.9. The molecule has 17 heavy (non-hydrogen) atoms. The number of hydrogen-bond acceptors (Lipinski definition) is 2. The van der Waals surface area contributed by atoms with E-state index in [9.17, 15) is 0 Å². The molecule has 2 atom stereocenters. The summed E-state index contributed by atoms with van der Waals surface area (Å²) in [7, 11) is 0. The minimum atomic E-state index is 0.728. The van der Waals surface area contributed by atoms with E-state index in [0.717, 1.165) is 23.9 Å². The molecule has 1 N–H and O–H groups in total. The molecule has 0 bridgehead atoms. The predicted octanol–water partition coefficient (Wildman–Crippen LogP) is 2.74. The number of fused-ring (bicyclic) bond motifs is 1. The summed E-state index contributed by atoms with van der Waals surface area (Å²) in [5, 5.41) is 3.48. The molecule has 88 valence electrons. The fraction of sp³-hybridized carbons (Fsp3) is 0.400. The minimum absolute atomic E-state index is 0.728. The third-order valence-electron chi connectivity index (χ3n) is 3.96. The summed E-state index contributed by atoms with van der Waals surface area (Å²) in [4.78, 5) is 4.29. The van der Waals surface area contributed by atoms with E-state index in [4.69, 9.17) is 0 Å². The summed E-state index contributed by atoms with van der Waals surface area (Å²) in [6.07, 6.45) is 10.6. The van der Waals surface area contributed by atoms with E-state index >= 15 is 0 Å². The monoisotopic (exact) mass is 226 g/mol. The first-order valence-corrected chi connectivity index (χ1v) is 6.36. The highest BCUT2D eigenvalue weighted by Crippen LogP contribution is 2.35. The number of pyridine rings is 1. The largest absolute Gasteiger partial charge is 0.316 e. The summed E-state index contributed by atoms with van der Waals surface area (Å²) < 4.78 is 0. The molecule has 0 spiro atoms. The van der Waals surface area contributed by atoms with Crippen molar-refractivity contribution in [3.63, 3.8) is 0 Å². The van der Waals surface area contributed by atoms with Gasteiger partial charge in [0, 0.05) is 18.9 Å². The average molecular weight is 226 g/mol. The molecular weight excluding hydrogens is 208 g/mol. The Morgan fingerprint density at radius 1 is 1.35 bits per heavy atom. The first-order chi connectivity index (χ1) is 8.36. The fourth-order valence-corrected chi connectivity index (χ4v) is 2.93. The van der Waals surface area contributed by atoms with Crippen molar-refractivity contribution < 1.29 is 0 Å². The number of hydrogen-bond donors (Lipinski definition) is 1. The minimum Gasteiger partial charge on any atom is -0.316 e. The van der Waals surface area contributed by atoms with Gasteiger partial charge in [-0.3, -0.25) is 4.98 Å². The maximum atomic E-state index is 4.29. The molecule has 0 aromatic carbocycles. The lowest BCUT2D eigenvalue weighted by molar-refractivity contribution is 0.448. The van der Waals surface area contributed by atoms with Crippen molar-refractivity contribution in [2.24, 2.45) is 11.8 Å². The average Bonchev–Trinajstić information content (AvgIpc) is 2.86. The van der Waals surface area contributed by atoms with Crippen LogP contribution in [-0.4, -0.2) is 18.1 Å². The van der Waals surface area contributed by atoms with Crippen LogP contribution in [0.2, 0.25) is 0 Å². The van der Waals surface area contributed by atoms with Gasteiger partial charge < -0.3 is 5.32 Å². The highest BCUT2D eigenvalue weighted by Gasteiger charge is 2.29. The Morgan fingerprint density at radius 3 is 3.18 bits per heavy atom. The van der Waals surface area contributed by atoms with Crippen LogP contribution in [0.5, 0.6) is 0 Å². The van der Waals surface area contributed by atoms with Crippen molar-refractivity contribution in [1.82, 2.24) is 10.3 Å². The normalized spacial score (nSPS) is 27.4. The van der Waals surface area contributed by atoms with Crippen molar-refractivity contribution in [2.75, 3.05) is 13.1 Å². The van der Waals surface area contributed by atoms with E-state index in [1.807, 2.05) is 18.5 Å². The van der Waals surface area contributed by atoms with E-state index in [0.29, 0.717) is 0 Å². The van der Waals surface area contributed by atoms with Crippen molar-refractivity contribution >= 4 is 11.6 Å². The summed E-state index contributed by atoms with van der Waals surface area (Å²) in [6.45, 7) is 6.14. The highest BCUT2D eigenvalue weighted by molar-refractivity contribution is 5.68. The zero-order valence-corrected chi connectivity index (χ0v) is 10.0. The van der Waals surface area contributed by atoms with Gasteiger partial charge >= 0.3 is 0 Å². The second-order valence-electron chi connectivity index (χ2n) is 5.02. The van der Waals surface area contributed by atoms with Gasteiger partial charge in [0.25, 0.3) is 0 Å². The molecule has 2 heteroatoms. The Hall–Kier alpha value is -1.41. The summed E-state index contributed by atoms with van der Waals surface area (Å²) in [5.41, 5.74) is 3.84. The molecule has 3 rings (SSSR count). The van der Waals surface area contributed by atoms with E-state index < -0.39 is 0 Å². The van der Waals surface area contributed by atoms with Crippen LogP contribution in [-0.2, 0) is 0 Å². The molecule has 2 nitrogen and oxygen atoms in total. The van der Waals surface area contributed by atoms with Crippen LogP contribution in [0.3, 0.4) is 0 Å². The molecule has 1 aliphatic heterocycles. The van der Waals surface area contributed by atoms with Crippen molar-refractivity contribution in [1.29, 1.82) is 0 Å². The van der Waals surface area contributed by atoms with Gasteiger partial charge in [0.1, 0.15) is 0 Å². The van der Waals surface area contributed by atoms with Gasteiger partial charge in [-0.05, 0) is 54.0 Å². The fourth-order valence-electron chi connectivity index (χ4n) is 2.93. The van der Waals surface area contributed by atoms with E-state index in [2.05, 4.69) is 29.0 Å². The van der Waals surface area contributed by atoms with E-state index in [-0.39, 0.29) is 0 Å². The van der Waals surface area contributed by atoms with E-state index in [1.165, 1.54) is 30.5 Å². The van der Waals surface area contributed by atoms with Crippen LogP contribution in [0, 0.1) is 11.8 Å². The Kier molecular flexibility index (Phi) is 2.81. The van der Waals surface area contributed by atoms with Crippen LogP contribution in [0.1, 0.15) is 24.0 Å². The lowest BCUT2D eigenvalue weighted by atomic mass is 9.81. The molecule has 1 aliphatic carbocycles. The second kappa shape index (κ2) is 4.46. The van der Waals surface area contributed by atoms with Gasteiger partial charge in [0.05, 0.1) is 0 Å². The quantitative estimate of drug-likeness (QED) is 0.838. The lowest BCUT2D eigenvalue weighted by Crippen LogP contribution is -2.15. The maximum Gasteiger partial charge on any atom is 0.0343 e. The maximum absolute atomic E-state index is 4.29. The molecule has 1 fully saturated rings. The molecule has 0 amide bonds. The van der Waals surface area contributed by atoms with Crippen LogP contribution in [0.15, 0.2) is 31.1 Å². The summed E-state index contributed by atoms with van der Waals surface area (Å²) in [6, 6.07) is 2.19. The standard InChI is InChI=1S/C15H18N2/c1-2-11-5-14(9-16-7-11)12-3-4-13-8-17-10-15(13)6-12/h2,5-7,9,13,15,17H,1,3-4,8,10H2. The van der Waals surface area contributed by atoms with Crippen LogP contribution in [0.4, 0.5) is 0 Å². The molecule has 2 aliphatic rings. The molecular formula is C15H18N2. The zero-order valence-electron chi connectivity index (χ0n) is 10.0. The van der Waals surface area contributed by atoms with Crippen molar-refractivity contribution in [3.8, 4) is 0 Å². The topological polar surface area (TPSA) is 24.9 Å². The van der Waals surface area contributed by atoms with Crippen molar-refractivity contribution in [3.05, 3.63) is 42.2 Å². The first kappa shape index (κ1) is 10.7. The van der Waals surface area contributed by atoms with Gasteiger partial charge in [-0.15, -0.1) is 0 Å². The smallest absolute Gasteiger partial charge is 0.0343 e. The molecule has 2 unspecified atom stereocenters. The van der Waals surface area contributed by atoms with Crippen molar-refractivity contribution in [2.45, 2.75) is 12.8 Å². The molecule has 2 heterocycles. The second-order valence-corrected chi connectivity index (χ2v) is 5.02. The molecule has 0 saturated carbocycles. The van der Waals surface area contributed by atoms with E-state index in [1.54, 1.807) is 0 Å². The number of allylic oxidation sites excluding steroid dienone is 1. The molecule has 0 radical (unpaired) electrons. The number of rotatable bonds is 2. The Labute approximate surface area is 102 Å². The third-order valence-corrected chi connectivity index (χ3v) is 3.96. The summed E-state index contributed by atoms with van der Waals surface area (Å²) in [5.74, 6) is 1.58. The molecule has 1 saturated heterocycles. The third kappa shape index (κ3) is 2.05. The van der Waals surface area contributed by atoms with Gasteiger partial charge in [-0.25, -0.2) is 0 Å². The molecule has 1 aromatic rings. The summed E-state index contributed by atoms with van der Waals surface area (Å²) >= 11 is 0. The van der Waals surface area contributed by atoms with Gasteiger partial charge in [0.2, 0.25) is 0 Å². The number of nitrogens with one attached hydrogen (secondary N) is 1. The van der Waals surface area contributed by atoms with Crippen LogP contribution >= 0.6 is 0 Å².